The van der Waals surface area contributed by atoms with Gasteiger partial charge < -0.3 is 4.74 Å². The molecular formula is C14H19NO2S. The molecule has 0 aromatic heterocycles. The SMILES string of the molecule is COC(=O)C[C@H]1CSCCN1Cc1ccccc1. The van der Waals surface area contributed by atoms with Crippen LogP contribution in [-0.2, 0) is 16.1 Å². The Morgan fingerprint density at radius 3 is 2.94 bits per heavy atom. The lowest BCUT2D eigenvalue weighted by molar-refractivity contribution is -0.141. The summed E-state index contributed by atoms with van der Waals surface area (Å²) in [6.07, 6.45) is 0.496. The number of thioether (sulfide) groups is 1. The fraction of sp³-hybridized carbons (Fsp3) is 0.500. The zero-order chi connectivity index (χ0) is 12.8. The van der Waals surface area contributed by atoms with Crippen molar-refractivity contribution in [1.82, 2.24) is 4.90 Å². The van der Waals surface area contributed by atoms with Gasteiger partial charge in [-0.3, -0.25) is 9.69 Å². The molecule has 4 heteroatoms. The maximum Gasteiger partial charge on any atom is 0.307 e. The van der Waals surface area contributed by atoms with Gasteiger partial charge >= 0.3 is 5.97 Å². The molecule has 1 saturated heterocycles. The Hall–Kier alpha value is -1.00. The Labute approximate surface area is 113 Å². The maximum atomic E-state index is 11.4. The maximum absolute atomic E-state index is 11.4. The molecule has 98 valence electrons. The van der Waals surface area contributed by atoms with Gasteiger partial charge in [-0.2, -0.15) is 11.8 Å². The lowest BCUT2D eigenvalue weighted by atomic mass is 10.1. The van der Waals surface area contributed by atoms with Crippen molar-refractivity contribution in [2.75, 3.05) is 25.2 Å². The van der Waals surface area contributed by atoms with Crippen LogP contribution in [0.15, 0.2) is 30.3 Å². The van der Waals surface area contributed by atoms with Gasteiger partial charge in [0.2, 0.25) is 0 Å². The van der Waals surface area contributed by atoms with E-state index in [0.717, 1.165) is 24.6 Å². The highest BCUT2D eigenvalue weighted by molar-refractivity contribution is 7.99. The first-order chi connectivity index (χ1) is 8.79. The highest BCUT2D eigenvalue weighted by Gasteiger charge is 2.25. The standard InChI is InChI=1S/C14H19NO2S/c1-17-14(16)9-13-11-18-8-7-15(13)10-12-5-3-2-4-6-12/h2-6,13H,7-11H2,1H3/t13-/m0/s1. The number of rotatable bonds is 4. The Morgan fingerprint density at radius 1 is 1.44 bits per heavy atom. The molecule has 1 fully saturated rings. The number of nitrogens with zero attached hydrogens (tertiary/aromatic N) is 1. The number of carbonyl (C=O) groups excluding carboxylic acids is 1. The van der Waals surface area contributed by atoms with Crippen molar-refractivity contribution < 1.29 is 9.53 Å². The van der Waals surface area contributed by atoms with Crippen LogP contribution in [0.25, 0.3) is 0 Å². The van der Waals surface area contributed by atoms with Gasteiger partial charge in [0, 0.05) is 30.6 Å². The Kier molecular flexibility index (Phi) is 5.08. The number of benzene rings is 1. The largest absolute Gasteiger partial charge is 0.469 e. The van der Waals surface area contributed by atoms with Crippen molar-refractivity contribution >= 4 is 17.7 Å². The van der Waals surface area contributed by atoms with Crippen molar-refractivity contribution in [1.29, 1.82) is 0 Å². The van der Waals surface area contributed by atoms with E-state index in [-0.39, 0.29) is 5.97 Å². The first-order valence-corrected chi connectivity index (χ1v) is 7.37. The van der Waals surface area contributed by atoms with E-state index in [1.54, 1.807) is 0 Å². The zero-order valence-corrected chi connectivity index (χ0v) is 11.5. The lowest BCUT2D eigenvalue weighted by Gasteiger charge is -2.34. The van der Waals surface area contributed by atoms with Gasteiger partial charge in [0.25, 0.3) is 0 Å². The number of carbonyl (C=O) groups is 1. The average Bonchev–Trinajstić information content (AvgIpc) is 2.42. The summed E-state index contributed by atoms with van der Waals surface area (Å²) in [6.45, 7) is 1.96. The van der Waals surface area contributed by atoms with Crippen LogP contribution in [0.3, 0.4) is 0 Å². The van der Waals surface area contributed by atoms with Crippen LogP contribution in [0, 0.1) is 0 Å². The van der Waals surface area contributed by atoms with Crippen molar-refractivity contribution in [3.05, 3.63) is 35.9 Å². The first-order valence-electron chi connectivity index (χ1n) is 6.22. The summed E-state index contributed by atoms with van der Waals surface area (Å²) in [6, 6.07) is 10.7. The van der Waals surface area contributed by atoms with Gasteiger partial charge in [0.1, 0.15) is 0 Å². The van der Waals surface area contributed by atoms with Gasteiger partial charge in [0.05, 0.1) is 13.5 Å². The van der Waals surface area contributed by atoms with Crippen molar-refractivity contribution in [3.8, 4) is 0 Å². The van der Waals surface area contributed by atoms with E-state index in [1.807, 2.05) is 17.8 Å². The minimum atomic E-state index is -0.111. The zero-order valence-electron chi connectivity index (χ0n) is 10.7. The van der Waals surface area contributed by atoms with E-state index in [4.69, 9.17) is 4.74 Å². The van der Waals surface area contributed by atoms with Crippen LogP contribution in [-0.4, -0.2) is 42.1 Å². The second kappa shape index (κ2) is 6.81. The quantitative estimate of drug-likeness (QED) is 0.780. The molecule has 0 amide bonds. The molecule has 0 unspecified atom stereocenters. The van der Waals surface area contributed by atoms with Gasteiger partial charge in [-0.15, -0.1) is 0 Å². The third-order valence-corrected chi connectivity index (χ3v) is 4.30. The molecule has 1 aromatic rings. The number of ether oxygens (including phenoxy) is 1. The summed E-state index contributed by atoms with van der Waals surface area (Å²) < 4.78 is 4.78. The summed E-state index contributed by atoms with van der Waals surface area (Å²) in [5, 5.41) is 0. The highest BCUT2D eigenvalue weighted by Crippen LogP contribution is 2.21. The van der Waals surface area contributed by atoms with Crippen molar-refractivity contribution in [3.63, 3.8) is 0 Å². The smallest absolute Gasteiger partial charge is 0.307 e. The van der Waals surface area contributed by atoms with Gasteiger partial charge in [0.15, 0.2) is 0 Å². The number of methoxy groups -OCH3 is 1. The number of esters is 1. The summed E-state index contributed by atoms with van der Waals surface area (Å²) in [5.74, 6) is 2.05. The Morgan fingerprint density at radius 2 is 2.22 bits per heavy atom. The fourth-order valence-electron chi connectivity index (χ4n) is 2.18. The molecule has 1 aliphatic rings. The second-order valence-electron chi connectivity index (χ2n) is 4.47. The lowest BCUT2D eigenvalue weighted by Crippen LogP contribution is -2.43. The summed E-state index contributed by atoms with van der Waals surface area (Å²) in [5.41, 5.74) is 1.30. The van der Waals surface area contributed by atoms with E-state index in [9.17, 15) is 4.79 Å². The van der Waals surface area contributed by atoms with Crippen LogP contribution in [0.2, 0.25) is 0 Å². The number of hydrogen-bond acceptors (Lipinski definition) is 4. The molecule has 1 aromatic carbocycles. The fourth-order valence-corrected chi connectivity index (χ4v) is 3.31. The molecule has 1 aliphatic heterocycles. The van der Waals surface area contributed by atoms with E-state index < -0.39 is 0 Å². The second-order valence-corrected chi connectivity index (χ2v) is 5.61. The van der Waals surface area contributed by atoms with Gasteiger partial charge in [-0.05, 0) is 5.56 Å². The molecule has 0 bridgehead atoms. The minimum absolute atomic E-state index is 0.111. The van der Waals surface area contributed by atoms with Crippen molar-refractivity contribution in [2.45, 2.75) is 19.0 Å². The van der Waals surface area contributed by atoms with Gasteiger partial charge in [-0.1, -0.05) is 30.3 Å². The topological polar surface area (TPSA) is 29.5 Å². The Balaban J connectivity index is 1.97. The molecule has 1 heterocycles. The molecule has 0 spiro atoms. The Bertz CT molecular complexity index is 383. The predicted octanol–water partition coefficient (Wildman–Crippen LogP) is 2.17. The molecular weight excluding hydrogens is 246 g/mol. The third-order valence-electron chi connectivity index (χ3n) is 3.21. The van der Waals surface area contributed by atoms with Gasteiger partial charge in [-0.25, -0.2) is 0 Å². The molecule has 18 heavy (non-hydrogen) atoms. The summed E-state index contributed by atoms with van der Waals surface area (Å²) in [7, 11) is 1.46. The van der Waals surface area contributed by atoms with E-state index in [0.29, 0.717) is 12.5 Å². The molecule has 0 radical (unpaired) electrons. The predicted molar refractivity (Wildman–Crippen MR) is 74.6 cm³/mol. The highest BCUT2D eigenvalue weighted by atomic mass is 32.2. The molecule has 0 saturated carbocycles. The average molecular weight is 265 g/mol. The molecule has 0 aliphatic carbocycles. The van der Waals surface area contributed by atoms with E-state index in [2.05, 4.69) is 29.2 Å². The third kappa shape index (κ3) is 3.75. The number of hydrogen-bond donors (Lipinski definition) is 0. The summed E-state index contributed by atoms with van der Waals surface area (Å²) >= 11 is 1.92. The van der Waals surface area contributed by atoms with Crippen LogP contribution >= 0.6 is 11.8 Å². The molecule has 2 rings (SSSR count). The van der Waals surface area contributed by atoms with Crippen LogP contribution in [0.4, 0.5) is 0 Å². The van der Waals surface area contributed by atoms with Crippen molar-refractivity contribution in [2.24, 2.45) is 0 Å². The summed E-state index contributed by atoms with van der Waals surface area (Å²) in [4.78, 5) is 13.8. The minimum Gasteiger partial charge on any atom is -0.469 e. The first kappa shape index (κ1) is 13.4. The normalized spacial score (nSPS) is 20.6. The molecule has 3 nitrogen and oxygen atoms in total. The monoisotopic (exact) mass is 265 g/mol. The van der Waals surface area contributed by atoms with E-state index in [1.165, 1.54) is 12.7 Å². The molecule has 1 atom stereocenters. The molecule has 0 N–H and O–H groups in total. The van der Waals surface area contributed by atoms with Crippen LogP contribution in [0.5, 0.6) is 0 Å². The van der Waals surface area contributed by atoms with E-state index >= 15 is 0 Å². The van der Waals surface area contributed by atoms with Crippen LogP contribution in [0.1, 0.15) is 12.0 Å². The van der Waals surface area contributed by atoms with Crippen LogP contribution < -0.4 is 0 Å².